The molecule has 26 heavy (non-hydrogen) atoms. The van der Waals surface area contributed by atoms with E-state index in [1.807, 2.05) is 0 Å². The number of unbranched alkanes of at least 4 members (excludes halogenated alkanes) is 9. The van der Waals surface area contributed by atoms with E-state index in [9.17, 15) is 13.2 Å². The van der Waals surface area contributed by atoms with Crippen LogP contribution in [0.15, 0.2) is 30.3 Å². The van der Waals surface area contributed by atoms with Gasteiger partial charge in [-0.05, 0) is 12.8 Å². The van der Waals surface area contributed by atoms with Crippen molar-refractivity contribution in [3.8, 4) is 0 Å². The smallest absolute Gasteiger partial charge is 0.325 e. The molecule has 0 saturated carbocycles. The number of rotatable bonds is 13. The summed E-state index contributed by atoms with van der Waals surface area (Å²) >= 11 is 0. The van der Waals surface area contributed by atoms with E-state index in [1.54, 1.807) is 0 Å². The topological polar surface area (TPSA) is 0 Å². The molecule has 0 N–H and O–H groups in total. The summed E-state index contributed by atoms with van der Waals surface area (Å²) in [5.74, 6) is 0. The molecule has 0 bridgehead atoms. The van der Waals surface area contributed by atoms with Crippen molar-refractivity contribution in [2.45, 2.75) is 84.4 Å². The van der Waals surface area contributed by atoms with Crippen LogP contribution in [0.3, 0.4) is 0 Å². The summed E-state index contributed by atoms with van der Waals surface area (Å²) in [6, 6.07) is 10.9. The van der Waals surface area contributed by atoms with Crippen molar-refractivity contribution in [3.05, 3.63) is 35.9 Å². The zero-order chi connectivity index (χ0) is 19.7. The molecule has 0 aromatic heterocycles. The standard InChI is InChI=1S/C21H38N.CHF3/c1-4-5-6-7-8-9-10-11-12-16-19-22(2,3)20-21-17-14-13-15-18-21;2-1(3)4/h13-15,17-18H,4-12,16,19-20H2,1-3H3;1H/q+1;. The molecule has 0 radical (unpaired) electrons. The molecule has 4 heteroatoms. The van der Waals surface area contributed by atoms with Crippen molar-refractivity contribution in [1.82, 2.24) is 0 Å². The van der Waals surface area contributed by atoms with Gasteiger partial charge < -0.3 is 4.48 Å². The second kappa shape index (κ2) is 16.2. The molecule has 0 unspecified atom stereocenters. The highest BCUT2D eigenvalue weighted by Crippen LogP contribution is 2.13. The zero-order valence-electron chi connectivity index (χ0n) is 17.0. The Morgan fingerprint density at radius 1 is 0.731 bits per heavy atom. The molecule has 1 nitrogen and oxygen atoms in total. The van der Waals surface area contributed by atoms with Crippen LogP contribution < -0.4 is 0 Å². The largest absolute Gasteiger partial charge is 0.379 e. The van der Waals surface area contributed by atoms with Gasteiger partial charge in [-0.2, -0.15) is 13.2 Å². The Kier molecular flexibility index (Phi) is 15.5. The van der Waals surface area contributed by atoms with Gasteiger partial charge in [0.05, 0.1) is 20.6 Å². The molecule has 1 aromatic rings. The molecule has 1 aromatic carbocycles. The van der Waals surface area contributed by atoms with E-state index in [1.165, 1.54) is 76.3 Å². The van der Waals surface area contributed by atoms with Crippen LogP contribution >= 0.6 is 0 Å². The molecule has 0 aliphatic carbocycles. The van der Waals surface area contributed by atoms with Crippen LogP contribution in [0.5, 0.6) is 0 Å². The summed E-state index contributed by atoms with van der Waals surface area (Å²) in [4.78, 5) is 0. The Labute approximate surface area is 159 Å². The van der Waals surface area contributed by atoms with Gasteiger partial charge in [0.1, 0.15) is 6.54 Å². The minimum absolute atomic E-state index is 1.11. The average molecular weight is 375 g/mol. The molecule has 1 rings (SSSR count). The Hall–Kier alpha value is -1.03. The van der Waals surface area contributed by atoms with Crippen LogP contribution in [0.1, 0.15) is 76.7 Å². The lowest BCUT2D eigenvalue weighted by molar-refractivity contribution is -0.903. The normalized spacial score (nSPS) is 11.3. The van der Waals surface area contributed by atoms with Crippen molar-refractivity contribution in [3.63, 3.8) is 0 Å². The van der Waals surface area contributed by atoms with Crippen LogP contribution in [0, 0.1) is 0 Å². The summed E-state index contributed by atoms with van der Waals surface area (Å²) in [6.07, 6.45) is 14.2. The number of halogens is 3. The van der Waals surface area contributed by atoms with Crippen LogP contribution in [0.2, 0.25) is 0 Å². The van der Waals surface area contributed by atoms with Crippen molar-refractivity contribution in [2.24, 2.45) is 0 Å². The van der Waals surface area contributed by atoms with E-state index in [2.05, 4.69) is 51.4 Å². The first-order chi connectivity index (χ1) is 12.4. The van der Waals surface area contributed by atoms with E-state index in [0.29, 0.717) is 0 Å². The van der Waals surface area contributed by atoms with Crippen molar-refractivity contribution in [1.29, 1.82) is 0 Å². The first-order valence-electron chi connectivity index (χ1n) is 10.2. The van der Waals surface area contributed by atoms with Crippen LogP contribution in [0.4, 0.5) is 13.2 Å². The molecule has 0 aliphatic rings. The summed E-state index contributed by atoms with van der Waals surface area (Å²) in [7, 11) is 4.72. The second-order valence-corrected chi connectivity index (χ2v) is 7.73. The summed E-state index contributed by atoms with van der Waals surface area (Å²) in [6.45, 7) is 1.07. The van der Waals surface area contributed by atoms with E-state index >= 15 is 0 Å². The van der Waals surface area contributed by atoms with E-state index in [4.69, 9.17) is 0 Å². The van der Waals surface area contributed by atoms with Gasteiger partial charge in [0, 0.05) is 5.56 Å². The predicted molar refractivity (Wildman–Crippen MR) is 106 cm³/mol. The van der Waals surface area contributed by atoms with Gasteiger partial charge in [0.2, 0.25) is 0 Å². The van der Waals surface area contributed by atoms with Crippen molar-refractivity contribution < 1.29 is 17.7 Å². The lowest BCUT2D eigenvalue weighted by Gasteiger charge is -2.30. The van der Waals surface area contributed by atoms with Crippen LogP contribution in [-0.4, -0.2) is 31.8 Å². The van der Waals surface area contributed by atoms with Crippen molar-refractivity contribution >= 4 is 0 Å². The first-order valence-corrected chi connectivity index (χ1v) is 10.2. The minimum Gasteiger partial charge on any atom is -0.325 e. The predicted octanol–water partition coefficient (Wildman–Crippen LogP) is 7.36. The van der Waals surface area contributed by atoms with Gasteiger partial charge in [-0.25, -0.2) is 0 Å². The average Bonchev–Trinajstić information content (AvgIpc) is 2.56. The Balaban J connectivity index is 0.00000141. The lowest BCUT2D eigenvalue weighted by atomic mass is 10.1. The Bertz CT molecular complexity index is 404. The molecule has 0 saturated heterocycles. The third-order valence-electron chi connectivity index (χ3n) is 4.57. The first kappa shape index (κ1) is 25.0. The fourth-order valence-electron chi connectivity index (χ4n) is 3.18. The van der Waals surface area contributed by atoms with Gasteiger partial charge in [0.25, 0.3) is 0 Å². The highest BCUT2D eigenvalue weighted by atomic mass is 19.4. The van der Waals surface area contributed by atoms with Gasteiger partial charge in [-0.3, -0.25) is 0 Å². The number of nitrogens with zero attached hydrogens (tertiary/aromatic N) is 1. The van der Waals surface area contributed by atoms with Gasteiger partial charge in [-0.15, -0.1) is 0 Å². The monoisotopic (exact) mass is 374 g/mol. The van der Waals surface area contributed by atoms with Crippen LogP contribution in [0.25, 0.3) is 0 Å². The second-order valence-electron chi connectivity index (χ2n) is 7.73. The molecule has 0 heterocycles. The van der Waals surface area contributed by atoms with Crippen LogP contribution in [-0.2, 0) is 6.54 Å². The third kappa shape index (κ3) is 17.8. The van der Waals surface area contributed by atoms with E-state index < -0.39 is 6.68 Å². The molecular formula is C22H39F3N+. The highest BCUT2D eigenvalue weighted by Gasteiger charge is 2.14. The molecule has 0 atom stereocenters. The number of hydrogen-bond acceptors (Lipinski definition) is 0. The van der Waals surface area contributed by atoms with Gasteiger partial charge in [0.15, 0.2) is 0 Å². The molecule has 0 spiro atoms. The number of benzene rings is 1. The minimum atomic E-state index is -3.67. The Morgan fingerprint density at radius 3 is 1.62 bits per heavy atom. The van der Waals surface area contributed by atoms with Crippen molar-refractivity contribution in [2.75, 3.05) is 20.6 Å². The summed E-state index contributed by atoms with van der Waals surface area (Å²) in [5, 5.41) is 0. The SMILES string of the molecule is CCCCCCCCCCCC[N+](C)(C)Cc1ccccc1.FC(F)F. The molecule has 0 aliphatic heterocycles. The number of quaternary nitrogens is 1. The zero-order valence-corrected chi connectivity index (χ0v) is 17.0. The quantitative estimate of drug-likeness (QED) is 0.250. The van der Waals surface area contributed by atoms with Gasteiger partial charge >= 0.3 is 6.68 Å². The Morgan fingerprint density at radius 2 is 1.15 bits per heavy atom. The lowest BCUT2D eigenvalue weighted by Crippen LogP contribution is -2.39. The molecular weight excluding hydrogens is 335 g/mol. The maximum atomic E-state index is 9.67. The molecule has 0 amide bonds. The van der Waals surface area contributed by atoms with E-state index in [0.717, 1.165) is 11.0 Å². The maximum absolute atomic E-state index is 9.67. The van der Waals surface area contributed by atoms with Gasteiger partial charge in [-0.1, -0.05) is 88.6 Å². The maximum Gasteiger partial charge on any atom is 0.379 e. The summed E-state index contributed by atoms with van der Waals surface area (Å²) in [5.41, 5.74) is 1.46. The highest BCUT2D eigenvalue weighted by molar-refractivity contribution is 5.13. The fraction of sp³-hybridized carbons (Fsp3) is 0.727. The molecule has 0 fully saturated rings. The third-order valence-corrected chi connectivity index (χ3v) is 4.57. The summed E-state index contributed by atoms with van der Waals surface area (Å²) < 4.78 is 30.1. The number of alkyl halides is 3. The fourth-order valence-corrected chi connectivity index (χ4v) is 3.18. The number of hydrogen-bond donors (Lipinski definition) is 0. The van der Waals surface area contributed by atoms with E-state index in [-0.39, 0.29) is 0 Å². The molecule has 152 valence electrons.